The van der Waals surface area contributed by atoms with Gasteiger partial charge in [0, 0.05) is 36.3 Å². The average molecular weight is 414 g/mol. The summed E-state index contributed by atoms with van der Waals surface area (Å²) in [5.41, 5.74) is 0.499. The van der Waals surface area contributed by atoms with Crippen molar-refractivity contribution in [3.05, 3.63) is 59.2 Å². The zero-order chi connectivity index (χ0) is 20.4. The Balaban J connectivity index is 1.47. The van der Waals surface area contributed by atoms with Gasteiger partial charge in [-0.3, -0.25) is 14.5 Å². The van der Waals surface area contributed by atoms with Crippen LogP contribution in [0.15, 0.2) is 52.3 Å². The summed E-state index contributed by atoms with van der Waals surface area (Å²) in [7, 11) is -3.85. The van der Waals surface area contributed by atoms with Crippen LogP contribution in [0.2, 0.25) is 0 Å². The molecule has 0 bridgehead atoms. The van der Waals surface area contributed by atoms with Crippen LogP contribution in [0.25, 0.3) is 0 Å². The van der Waals surface area contributed by atoms with Crippen molar-refractivity contribution in [2.75, 3.05) is 39.4 Å². The molecule has 1 amide bonds. The summed E-state index contributed by atoms with van der Waals surface area (Å²) in [4.78, 5) is 27.3. The molecule has 0 aromatic heterocycles. The topological polar surface area (TPSA) is 92.8 Å². The van der Waals surface area contributed by atoms with Gasteiger partial charge in [0.25, 0.3) is 5.91 Å². The maximum Gasteiger partial charge on any atom is 0.251 e. The lowest BCUT2D eigenvalue weighted by Gasteiger charge is -2.26. The summed E-state index contributed by atoms with van der Waals surface area (Å²) in [6, 6.07) is 10.4. The molecular formula is C21H22N2O5S. The van der Waals surface area contributed by atoms with Gasteiger partial charge in [-0.15, -0.1) is 0 Å². The fourth-order valence-corrected chi connectivity index (χ4v) is 5.33. The highest BCUT2D eigenvalue weighted by molar-refractivity contribution is 7.91. The molecule has 29 heavy (non-hydrogen) atoms. The lowest BCUT2D eigenvalue weighted by Crippen LogP contribution is -2.38. The molecule has 4 rings (SSSR count). The van der Waals surface area contributed by atoms with Gasteiger partial charge >= 0.3 is 0 Å². The number of hydrogen-bond donors (Lipinski definition) is 1. The van der Waals surface area contributed by atoms with Crippen LogP contribution >= 0.6 is 0 Å². The molecule has 1 N–H and O–H groups in total. The minimum atomic E-state index is -3.85. The maximum absolute atomic E-state index is 13.0. The van der Waals surface area contributed by atoms with E-state index in [0.29, 0.717) is 6.54 Å². The van der Waals surface area contributed by atoms with Crippen LogP contribution in [-0.4, -0.2) is 64.4 Å². The smallest absolute Gasteiger partial charge is 0.251 e. The summed E-state index contributed by atoms with van der Waals surface area (Å²) >= 11 is 0. The standard InChI is InChI=1S/C21H22N2O5S/c24-20-16-4-1-2-5-18(16)29(26,27)19-14-15(6-7-17(19)20)21(25)22-8-3-9-23-10-12-28-13-11-23/h1-2,4-7,14H,3,8-13H2,(H,22,25). The van der Waals surface area contributed by atoms with Crippen molar-refractivity contribution in [1.29, 1.82) is 0 Å². The first-order valence-corrected chi connectivity index (χ1v) is 11.1. The third-order valence-corrected chi connectivity index (χ3v) is 7.09. The Kier molecular flexibility index (Phi) is 5.49. The number of rotatable bonds is 5. The normalized spacial score (nSPS) is 18.0. The Morgan fingerprint density at radius 3 is 2.55 bits per heavy atom. The number of nitrogens with one attached hydrogen (secondary N) is 1. The molecule has 0 spiro atoms. The van der Waals surface area contributed by atoms with Crippen LogP contribution in [0.1, 0.15) is 32.7 Å². The predicted octanol–water partition coefficient (Wildman–Crippen LogP) is 1.52. The molecule has 0 atom stereocenters. The Morgan fingerprint density at radius 2 is 1.76 bits per heavy atom. The molecule has 152 valence electrons. The molecule has 0 saturated carbocycles. The molecule has 8 heteroatoms. The van der Waals surface area contributed by atoms with Gasteiger partial charge < -0.3 is 10.1 Å². The minimum Gasteiger partial charge on any atom is -0.379 e. The molecule has 0 unspecified atom stereocenters. The van der Waals surface area contributed by atoms with Crippen molar-refractivity contribution >= 4 is 21.5 Å². The number of benzene rings is 2. The second kappa shape index (κ2) is 8.06. The zero-order valence-corrected chi connectivity index (χ0v) is 16.7. The Hall–Kier alpha value is -2.55. The lowest BCUT2D eigenvalue weighted by molar-refractivity contribution is 0.0374. The molecule has 2 aliphatic heterocycles. The predicted molar refractivity (Wildman–Crippen MR) is 106 cm³/mol. The van der Waals surface area contributed by atoms with Gasteiger partial charge in [0.15, 0.2) is 5.78 Å². The molecule has 0 aliphatic carbocycles. The first-order valence-electron chi connectivity index (χ1n) is 9.59. The first-order chi connectivity index (χ1) is 14.0. The van der Waals surface area contributed by atoms with Gasteiger partial charge in [-0.25, -0.2) is 8.42 Å². The van der Waals surface area contributed by atoms with Gasteiger partial charge in [-0.05, 0) is 43.3 Å². The van der Waals surface area contributed by atoms with E-state index in [1.165, 1.54) is 30.3 Å². The third-order valence-electron chi connectivity index (χ3n) is 5.24. The van der Waals surface area contributed by atoms with Crippen molar-refractivity contribution in [2.45, 2.75) is 16.2 Å². The fraction of sp³-hybridized carbons (Fsp3) is 0.333. The highest BCUT2D eigenvalue weighted by atomic mass is 32.2. The van der Waals surface area contributed by atoms with E-state index >= 15 is 0 Å². The summed E-state index contributed by atoms with van der Waals surface area (Å²) in [6.07, 6.45) is 0.793. The van der Waals surface area contributed by atoms with E-state index in [1.807, 2.05) is 0 Å². The van der Waals surface area contributed by atoms with E-state index in [-0.39, 0.29) is 38.2 Å². The summed E-state index contributed by atoms with van der Waals surface area (Å²) in [5.74, 6) is -0.695. The number of morpholine rings is 1. The Bertz CT molecular complexity index is 1060. The number of amides is 1. The number of nitrogens with zero attached hydrogens (tertiary/aromatic N) is 1. The SMILES string of the molecule is O=C(NCCCN1CCOCC1)c1ccc2c(c1)S(=O)(=O)c1ccccc1C2=O. The van der Waals surface area contributed by atoms with E-state index < -0.39 is 9.84 Å². The second-order valence-electron chi connectivity index (χ2n) is 7.10. The molecule has 0 radical (unpaired) electrons. The van der Waals surface area contributed by atoms with E-state index in [1.54, 1.807) is 12.1 Å². The van der Waals surface area contributed by atoms with E-state index in [0.717, 1.165) is 39.3 Å². The molecule has 2 aromatic rings. The van der Waals surface area contributed by atoms with Gasteiger partial charge in [-0.1, -0.05) is 12.1 Å². The number of sulfone groups is 1. The first kappa shape index (κ1) is 19.8. The van der Waals surface area contributed by atoms with Crippen molar-refractivity contribution in [3.8, 4) is 0 Å². The van der Waals surface area contributed by atoms with Crippen LogP contribution in [0.4, 0.5) is 0 Å². The van der Waals surface area contributed by atoms with Crippen molar-refractivity contribution in [2.24, 2.45) is 0 Å². The highest BCUT2D eigenvalue weighted by Gasteiger charge is 2.34. The third kappa shape index (κ3) is 3.83. The summed E-state index contributed by atoms with van der Waals surface area (Å²) in [6.45, 7) is 4.61. The number of fused-ring (bicyclic) bond motifs is 2. The number of carbonyl (C=O) groups excluding carboxylic acids is 2. The van der Waals surface area contributed by atoms with Gasteiger partial charge in [0.1, 0.15) is 0 Å². The average Bonchev–Trinajstić information content (AvgIpc) is 2.75. The Morgan fingerprint density at radius 1 is 1.03 bits per heavy atom. The van der Waals surface area contributed by atoms with Crippen molar-refractivity contribution < 1.29 is 22.7 Å². The number of hydrogen-bond acceptors (Lipinski definition) is 6. The van der Waals surface area contributed by atoms with Gasteiger partial charge in [0.05, 0.1) is 23.0 Å². The van der Waals surface area contributed by atoms with Crippen LogP contribution in [0.5, 0.6) is 0 Å². The Labute approximate surface area is 169 Å². The molecule has 1 saturated heterocycles. The van der Waals surface area contributed by atoms with Gasteiger partial charge in [-0.2, -0.15) is 0 Å². The van der Waals surface area contributed by atoms with Crippen LogP contribution in [0.3, 0.4) is 0 Å². The number of carbonyl (C=O) groups is 2. The van der Waals surface area contributed by atoms with Crippen LogP contribution in [0, 0.1) is 0 Å². The lowest BCUT2D eigenvalue weighted by atomic mass is 10.0. The number of ketones is 1. The molecule has 2 aromatic carbocycles. The zero-order valence-electron chi connectivity index (χ0n) is 15.9. The number of ether oxygens (including phenoxy) is 1. The molecule has 2 heterocycles. The minimum absolute atomic E-state index is 0.0134. The van der Waals surface area contributed by atoms with Crippen LogP contribution in [-0.2, 0) is 14.6 Å². The van der Waals surface area contributed by atoms with E-state index in [4.69, 9.17) is 4.74 Å². The maximum atomic E-state index is 13.0. The fourth-order valence-electron chi connectivity index (χ4n) is 3.66. The van der Waals surface area contributed by atoms with E-state index in [2.05, 4.69) is 10.2 Å². The molecule has 1 fully saturated rings. The van der Waals surface area contributed by atoms with E-state index in [9.17, 15) is 18.0 Å². The second-order valence-corrected chi connectivity index (χ2v) is 8.99. The van der Waals surface area contributed by atoms with Crippen molar-refractivity contribution in [1.82, 2.24) is 10.2 Å². The molecule has 7 nitrogen and oxygen atoms in total. The quantitative estimate of drug-likeness (QED) is 0.637. The largest absolute Gasteiger partial charge is 0.379 e. The van der Waals surface area contributed by atoms with Crippen molar-refractivity contribution in [3.63, 3.8) is 0 Å². The highest BCUT2D eigenvalue weighted by Crippen LogP contribution is 2.34. The molecule has 2 aliphatic rings. The van der Waals surface area contributed by atoms with Crippen LogP contribution < -0.4 is 5.32 Å². The molecular weight excluding hydrogens is 392 g/mol. The van der Waals surface area contributed by atoms with Gasteiger partial charge in [0.2, 0.25) is 9.84 Å². The monoisotopic (exact) mass is 414 g/mol. The summed E-state index contributed by atoms with van der Waals surface area (Å²) < 4.78 is 31.2. The summed E-state index contributed by atoms with van der Waals surface area (Å²) in [5, 5.41) is 2.83.